The minimum Gasteiger partial charge on any atom is -0.493 e. The van der Waals surface area contributed by atoms with Gasteiger partial charge in [0.05, 0.1) is 44.3 Å². The molecule has 3 aromatic carbocycles. The maximum absolute atomic E-state index is 13.7. The number of aliphatic hydroxyl groups is 1. The van der Waals surface area contributed by atoms with Gasteiger partial charge in [0, 0.05) is 51.8 Å². The molecule has 1 saturated heterocycles. The van der Waals surface area contributed by atoms with Crippen LogP contribution in [0.25, 0.3) is 0 Å². The lowest BCUT2D eigenvalue weighted by Crippen LogP contribution is -2.49. The van der Waals surface area contributed by atoms with E-state index in [1.165, 1.54) is 0 Å². The molecule has 3 aromatic rings. The molecule has 1 fully saturated rings. The van der Waals surface area contributed by atoms with Crippen LogP contribution >= 0.6 is 0 Å². The largest absolute Gasteiger partial charge is 0.493 e. The van der Waals surface area contributed by atoms with Gasteiger partial charge in [0.1, 0.15) is 23.9 Å². The zero-order valence-electron chi connectivity index (χ0n) is 24.5. The van der Waals surface area contributed by atoms with Crippen LogP contribution in [-0.2, 0) is 16.1 Å². The van der Waals surface area contributed by atoms with Gasteiger partial charge in [-0.15, -0.1) is 0 Å². The van der Waals surface area contributed by atoms with Gasteiger partial charge in [0.2, 0.25) is 0 Å². The normalized spacial score (nSPS) is 19.9. The summed E-state index contributed by atoms with van der Waals surface area (Å²) in [6.45, 7) is 5.20. The molecular formula is C33H40F2N2O6. The molecule has 0 aliphatic carbocycles. The summed E-state index contributed by atoms with van der Waals surface area (Å²) in [5, 5.41) is 14.2. The Bertz CT molecular complexity index is 1310. The van der Waals surface area contributed by atoms with Crippen LogP contribution < -0.4 is 24.4 Å². The summed E-state index contributed by atoms with van der Waals surface area (Å²) >= 11 is 0. The van der Waals surface area contributed by atoms with Crippen molar-refractivity contribution in [3.05, 3.63) is 83.4 Å². The number of nitrogens with one attached hydrogen (secondary N) is 1. The molecule has 232 valence electrons. The van der Waals surface area contributed by atoms with Crippen molar-refractivity contribution in [2.24, 2.45) is 0 Å². The number of ether oxygens (including phenoxy) is 5. The second-order valence-electron chi connectivity index (χ2n) is 10.8. The first kappa shape index (κ1) is 31.0. The molecule has 2 aliphatic rings. The Kier molecular flexibility index (Phi) is 11.1. The monoisotopic (exact) mass is 598 g/mol. The summed E-state index contributed by atoms with van der Waals surface area (Å²) in [7, 11) is 1.72. The zero-order chi connectivity index (χ0) is 30.0. The van der Waals surface area contributed by atoms with Gasteiger partial charge in [-0.3, -0.25) is 0 Å². The van der Waals surface area contributed by atoms with Gasteiger partial charge in [0.25, 0.3) is 0 Å². The molecule has 0 bridgehead atoms. The molecule has 0 amide bonds. The van der Waals surface area contributed by atoms with Crippen LogP contribution in [0.5, 0.6) is 17.2 Å². The van der Waals surface area contributed by atoms with E-state index in [1.807, 2.05) is 36.4 Å². The quantitative estimate of drug-likeness (QED) is 0.259. The summed E-state index contributed by atoms with van der Waals surface area (Å²) in [5.41, 5.74) is 3.09. The van der Waals surface area contributed by atoms with Gasteiger partial charge in [0.15, 0.2) is 11.6 Å². The van der Waals surface area contributed by atoms with Gasteiger partial charge < -0.3 is 39.0 Å². The van der Waals surface area contributed by atoms with Crippen molar-refractivity contribution in [3.63, 3.8) is 0 Å². The summed E-state index contributed by atoms with van der Waals surface area (Å²) < 4.78 is 55.6. The zero-order valence-corrected chi connectivity index (χ0v) is 24.5. The number of aliphatic hydroxyl groups excluding tert-OH is 1. The lowest BCUT2D eigenvalue weighted by atomic mass is 9.85. The van der Waals surface area contributed by atoms with E-state index in [4.69, 9.17) is 23.7 Å². The van der Waals surface area contributed by atoms with E-state index in [9.17, 15) is 13.9 Å². The highest BCUT2D eigenvalue weighted by Gasteiger charge is 2.34. The molecular weight excluding hydrogens is 558 g/mol. The highest BCUT2D eigenvalue weighted by molar-refractivity contribution is 5.61. The molecule has 3 atom stereocenters. The van der Waals surface area contributed by atoms with E-state index >= 15 is 0 Å². The van der Waals surface area contributed by atoms with Crippen LogP contribution in [0.4, 0.5) is 14.5 Å². The topological polar surface area (TPSA) is 81.7 Å². The summed E-state index contributed by atoms with van der Waals surface area (Å²) in [6, 6.07) is 17.0. The lowest BCUT2D eigenvalue weighted by molar-refractivity contribution is -0.0328. The molecule has 10 heteroatoms. The van der Waals surface area contributed by atoms with Gasteiger partial charge in [-0.1, -0.05) is 18.2 Å². The molecule has 0 radical (unpaired) electrons. The molecule has 3 unspecified atom stereocenters. The van der Waals surface area contributed by atoms with Gasteiger partial charge in [-0.05, 0) is 53.9 Å². The third-order valence-electron chi connectivity index (χ3n) is 7.71. The van der Waals surface area contributed by atoms with E-state index in [0.29, 0.717) is 45.1 Å². The fourth-order valence-electron chi connectivity index (χ4n) is 5.52. The van der Waals surface area contributed by atoms with Crippen LogP contribution in [0.15, 0.2) is 60.7 Å². The molecule has 43 heavy (non-hydrogen) atoms. The van der Waals surface area contributed by atoms with Crippen molar-refractivity contribution >= 4 is 5.69 Å². The summed E-state index contributed by atoms with van der Waals surface area (Å²) in [6.07, 6.45) is 0.625. The Labute approximate surface area is 251 Å². The van der Waals surface area contributed by atoms with Crippen molar-refractivity contribution in [1.29, 1.82) is 0 Å². The number of rotatable bonds is 14. The number of hydrogen-bond acceptors (Lipinski definition) is 8. The number of fused-ring (bicyclic) bond motifs is 1. The molecule has 0 aromatic heterocycles. The molecule has 2 N–H and O–H groups in total. The second-order valence-corrected chi connectivity index (χ2v) is 10.8. The van der Waals surface area contributed by atoms with Crippen molar-refractivity contribution in [2.45, 2.75) is 37.6 Å². The Hall–Kier alpha value is -3.44. The predicted octanol–water partition coefficient (Wildman–Crippen LogP) is 4.68. The van der Waals surface area contributed by atoms with E-state index in [1.54, 1.807) is 7.11 Å². The Morgan fingerprint density at radius 3 is 2.63 bits per heavy atom. The maximum atomic E-state index is 13.7. The number of hydrogen-bond donors (Lipinski definition) is 2. The van der Waals surface area contributed by atoms with Crippen molar-refractivity contribution in [1.82, 2.24) is 5.32 Å². The van der Waals surface area contributed by atoms with Crippen LogP contribution in [0.1, 0.15) is 29.9 Å². The highest BCUT2D eigenvalue weighted by atomic mass is 19.1. The molecule has 8 nitrogen and oxygen atoms in total. The number of nitrogens with zero attached hydrogens (tertiary/aromatic N) is 1. The fourth-order valence-corrected chi connectivity index (χ4v) is 5.52. The minimum atomic E-state index is -0.599. The highest BCUT2D eigenvalue weighted by Crippen LogP contribution is 2.34. The molecule has 0 saturated carbocycles. The van der Waals surface area contributed by atoms with E-state index in [0.717, 1.165) is 66.9 Å². The van der Waals surface area contributed by atoms with Gasteiger partial charge in [-0.25, -0.2) is 8.78 Å². The first-order valence-corrected chi connectivity index (χ1v) is 14.8. The Balaban J connectivity index is 1.14. The number of β-amino-alcohol motifs (C(OH)–C–C–N with tert-alkyl or cyclic N) is 1. The second kappa shape index (κ2) is 15.3. The van der Waals surface area contributed by atoms with Crippen LogP contribution in [-0.4, -0.2) is 77.0 Å². The third-order valence-corrected chi connectivity index (χ3v) is 7.71. The average Bonchev–Trinajstić information content (AvgIpc) is 3.02. The number of piperidine rings is 1. The minimum absolute atomic E-state index is 0.109. The van der Waals surface area contributed by atoms with Crippen molar-refractivity contribution < 1.29 is 37.6 Å². The SMILES string of the molecule is COCCCN1CCOc2ccc(COC3CNCC(O)C3c3ccc(OCCCOc4cc(F)ccc4F)cc3)cc21. The summed E-state index contributed by atoms with van der Waals surface area (Å²) in [4.78, 5) is 2.33. The van der Waals surface area contributed by atoms with Crippen molar-refractivity contribution in [3.8, 4) is 17.2 Å². The third kappa shape index (κ3) is 8.35. The lowest BCUT2D eigenvalue weighted by Gasteiger charge is -2.36. The van der Waals surface area contributed by atoms with Crippen LogP contribution in [0.3, 0.4) is 0 Å². The number of methoxy groups -OCH3 is 1. The number of benzene rings is 3. The molecule has 2 aliphatic heterocycles. The molecule has 2 heterocycles. The fraction of sp³-hybridized carbons (Fsp3) is 0.455. The van der Waals surface area contributed by atoms with Gasteiger partial charge in [-0.2, -0.15) is 0 Å². The van der Waals surface area contributed by atoms with Crippen molar-refractivity contribution in [2.75, 3.05) is 64.6 Å². The van der Waals surface area contributed by atoms with Crippen LogP contribution in [0, 0.1) is 11.6 Å². The van der Waals surface area contributed by atoms with E-state index in [2.05, 4.69) is 16.3 Å². The Morgan fingerprint density at radius 1 is 0.953 bits per heavy atom. The van der Waals surface area contributed by atoms with Crippen LogP contribution in [0.2, 0.25) is 0 Å². The van der Waals surface area contributed by atoms with E-state index < -0.39 is 17.7 Å². The standard InChI is InChI=1S/C33H40F2N2O6/c1-39-14-2-12-37-13-17-42-30-11-4-23(18-28(30)37)22-43-32-21-36-20-29(38)33(32)24-5-8-26(9-6-24)40-15-3-16-41-31-19-25(34)7-10-27(31)35/h4-11,18-19,29,32-33,36,38H,2-3,12-17,20-22H2,1H3. The predicted molar refractivity (Wildman–Crippen MR) is 159 cm³/mol. The smallest absolute Gasteiger partial charge is 0.165 e. The first-order chi connectivity index (χ1) is 21.0. The summed E-state index contributed by atoms with van der Waals surface area (Å²) in [5.74, 6) is 0.105. The first-order valence-electron chi connectivity index (χ1n) is 14.8. The van der Waals surface area contributed by atoms with Gasteiger partial charge >= 0.3 is 0 Å². The Morgan fingerprint density at radius 2 is 1.79 bits per heavy atom. The molecule has 0 spiro atoms. The number of halogens is 2. The molecule has 5 rings (SSSR count). The average molecular weight is 599 g/mol. The maximum Gasteiger partial charge on any atom is 0.165 e. The number of anilines is 1. The van der Waals surface area contributed by atoms with E-state index in [-0.39, 0.29) is 24.4 Å².